The number of ether oxygens (including phenoxy) is 1. The van der Waals surface area contributed by atoms with Gasteiger partial charge in [0.05, 0.1) is 11.4 Å². The van der Waals surface area contributed by atoms with Crippen LogP contribution in [0.4, 0.5) is 4.79 Å². The normalized spacial score (nSPS) is 14.5. The van der Waals surface area contributed by atoms with Crippen LogP contribution in [-0.4, -0.2) is 39.5 Å². The Morgan fingerprint density at radius 2 is 1.86 bits per heavy atom. The lowest BCUT2D eigenvalue weighted by Crippen LogP contribution is -2.38. The number of benzene rings is 1. The second kappa shape index (κ2) is 8.56. The van der Waals surface area contributed by atoms with Crippen LogP contribution in [-0.2, 0) is 24.1 Å². The molecule has 2 heterocycles. The van der Waals surface area contributed by atoms with Crippen molar-refractivity contribution in [2.45, 2.75) is 65.5 Å². The first-order chi connectivity index (χ1) is 13.3. The number of aryl methyl sites for hydroxylation is 1. The molecule has 28 heavy (non-hydrogen) atoms. The van der Waals surface area contributed by atoms with Crippen LogP contribution < -0.4 is 0 Å². The highest BCUT2D eigenvalue weighted by Gasteiger charge is 2.27. The zero-order chi connectivity index (χ0) is 20.3. The lowest BCUT2D eigenvalue weighted by Gasteiger charge is -2.26. The molecule has 0 radical (unpaired) electrons. The van der Waals surface area contributed by atoms with Crippen LogP contribution in [0.15, 0.2) is 24.3 Å². The number of carbonyl (C=O) groups excluding carboxylic acids is 1. The number of aromatic nitrogens is 2. The lowest BCUT2D eigenvalue weighted by atomic mass is 10.0. The van der Waals surface area contributed by atoms with Crippen molar-refractivity contribution >= 4 is 17.7 Å². The number of hydrogen-bond donors (Lipinski definition) is 0. The Bertz CT molecular complexity index is 822. The molecule has 1 aliphatic heterocycles. The Hall–Kier alpha value is -2.01. The van der Waals surface area contributed by atoms with Crippen LogP contribution >= 0.6 is 11.6 Å². The molecule has 3 rings (SSSR count). The molecule has 0 spiro atoms. The second-order valence-corrected chi connectivity index (χ2v) is 8.76. The van der Waals surface area contributed by atoms with E-state index in [0.717, 1.165) is 54.2 Å². The standard InChI is InChI=1S/C22H30ClN3O2/c1-5-6-13-26-20(16-7-9-17(23)10-8-16)18-11-14-25(15-12-19(18)24-26)21(27)28-22(2,3)4/h7-10H,5-6,11-15H2,1-4H3. The Kier molecular flexibility index (Phi) is 6.33. The number of amides is 1. The molecule has 0 aliphatic carbocycles. The summed E-state index contributed by atoms with van der Waals surface area (Å²) in [6.45, 7) is 10.1. The van der Waals surface area contributed by atoms with Gasteiger partial charge in [0.1, 0.15) is 5.60 Å². The van der Waals surface area contributed by atoms with Crippen molar-refractivity contribution in [1.82, 2.24) is 14.7 Å². The van der Waals surface area contributed by atoms with Gasteiger partial charge in [-0.1, -0.05) is 37.1 Å². The van der Waals surface area contributed by atoms with E-state index in [-0.39, 0.29) is 6.09 Å². The fourth-order valence-corrected chi connectivity index (χ4v) is 3.65. The summed E-state index contributed by atoms with van der Waals surface area (Å²) in [4.78, 5) is 14.3. The number of rotatable bonds is 4. The molecule has 6 heteroatoms. The molecule has 152 valence electrons. The van der Waals surface area contributed by atoms with Gasteiger partial charge >= 0.3 is 6.09 Å². The van der Waals surface area contributed by atoms with Gasteiger partial charge in [-0.25, -0.2) is 4.79 Å². The van der Waals surface area contributed by atoms with Crippen LogP contribution in [0.5, 0.6) is 0 Å². The monoisotopic (exact) mass is 403 g/mol. The molecule has 0 N–H and O–H groups in total. The summed E-state index contributed by atoms with van der Waals surface area (Å²) in [5.41, 5.74) is 4.13. The third kappa shape index (κ3) is 4.88. The fourth-order valence-electron chi connectivity index (χ4n) is 3.52. The summed E-state index contributed by atoms with van der Waals surface area (Å²) in [6.07, 6.45) is 3.49. The van der Waals surface area contributed by atoms with Gasteiger partial charge in [0.2, 0.25) is 0 Å². The molecule has 5 nitrogen and oxygen atoms in total. The minimum absolute atomic E-state index is 0.246. The van der Waals surface area contributed by atoms with Crippen molar-refractivity contribution < 1.29 is 9.53 Å². The maximum Gasteiger partial charge on any atom is 0.410 e. The average Bonchev–Trinajstić information content (AvgIpc) is 2.83. The molecule has 1 aromatic carbocycles. The zero-order valence-corrected chi connectivity index (χ0v) is 18.1. The lowest BCUT2D eigenvalue weighted by molar-refractivity contribution is 0.0258. The second-order valence-electron chi connectivity index (χ2n) is 8.32. The SMILES string of the molecule is CCCCn1nc2c(c1-c1ccc(Cl)cc1)CCN(C(=O)OC(C)(C)C)CC2. The predicted octanol–water partition coefficient (Wildman–Crippen LogP) is 5.34. The number of halogens is 1. The molecular formula is C22H30ClN3O2. The molecule has 1 aliphatic rings. The van der Waals surface area contributed by atoms with Crippen LogP contribution in [0.1, 0.15) is 51.8 Å². The van der Waals surface area contributed by atoms with Gasteiger partial charge in [-0.05, 0) is 45.7 Å². The van der Waals surface area contributed by atoms with Crippen molar-refractivity contribution in [3.05, 3.63) is 40.5 Å². The van der Waals surface area contributed by atoms with Crippen LogP contribution in [0.3, 0.4) is 0 Å². The zero-order valence-electron chi connectivity index (χ0n) is 17.3. The van der Waals surface area contributed by atoms with Crippen LogP contribution in [0, 0.1) is 0 Å². The fraction of sp³-hybridized carbons (Fsp3) is 0.545. The number of fused-ring (bicyclic) bond motifs is 1. The number of unbranched alkanes of at least 4 members (excludes halogenated alkanes) is 1. The first-order valence-electron chi connectivity index (χ1n) is 10.1. The maximum atomic E-state index is 12.5. The molecule has 1 aromatic heterocycles. The van der Waals surface area contributed by atoms with Crippen molar-refractivity contribution in [2.24, 2.45) is 0 Å². The van der Waals surface area contributed by atoms with Gasteiger partial charge in [-0.15, -0.1) is 0 Å². The van der Waals surface area contributed by atoms with E-state index in [1.165, 1.54) is 5.56 Å². The summed E-state index contributed by atoms with van der Waals surface area (Å²) in [7, 11) is 0. The molecule has 0 saturated heterocycles. The topological polar surface area (TPSA) is 47.4 Å². The van der Waals surface area contributed by atoms with Crippen molar-refractivity contribution in [1.29, 1.82) is 0 Å². The number of nitrogens with zero attached hydrogens (tertiary/aromatic N) is 3. The summed E-state index contributed by atoms with van der Waals surface area (Å²) in [5.74, 6) is 0. The van der Waals surface area contributed by atoms with Gasteiger partial charge in [-0.2, -0.15) is 5.10 Å². The molecular weight excluding hydrogens is 374 g/mol. The van der Waals surface area contributed by atoms with Crippen molar-refractivity contribution in [3.8, 4) is 11.3 Å². The molecule has 0 atom stereocenters. The highest BCUT2D eigenvalue weighted by Crippen LogP contribution is 2.30. The molecule has 0 fully saturated rings. The van der Waals surface area contributed by atoms with Gasteiger partial charge < -0.3 is 9.64 Å². The van der Waals surface area contributed by atoms with Crippen molar-refractivity contribution in [3.63, 3.8) is 0 Å². The molecule has 1 amide bonds. The van der Waals surface area contributed by atoms with E-state index in [9.17, 15) is 4.79 Å². The highest BCUT2D eigenvalue weighted by molar-refractivity contribution is 6.30. The Morgan fingerprint density at radius 1 is 1.18 bits per heavy atom. The minimum Gasteiger partial charge on any atom is -0.444 e. The van der Waals surface area contributed by atoms with E-state index in [4.69, 9.17) is 21.4 Å². The van der Waals surface area contributed by atoms with Gasteiger partial charge in [0.15, 0.2) is 0 Å². The number of hydrogen-bond acceptors (Lipinski definition) is 3. The van der Waals surface area contributed by atoms with Crippen LogP contribution in [0.25, 0.3) is 11.3 Å². The summed E-state index contributed by atoms with van der Waals surface area (Å²) in [6, 6.07) is 7.95. The minimum atomic E-state index is -0.485. The van der Waals surface area contributed by atoms with E-state index in [1.807, 2.05) is 32.9 Å². The third-order valence-corrected chi connectivity index (χ3v) is 5.13. The van der Waals surface area contributed by atoms with Crippen molar-refractivity contribution in [2.75, 3.05) is 13.1 Å². The summed E-state index contributed by atoms with van der Waals surface area (Å²) < 4.78 is 7.70. The highest BCUT2D eigenvalue weighted by atomic mass is 35.5. The van der Waals surface area contributed by atoms with E-state index in [0.29, 0.717) is 13.1 Å². The molecule has 0 bridgehead atoms. The van der Waals surface area contributed by atoms with Gasteiger partial charge in [-0.3, -0.25) is 4.68 Å². The van der Waals surface area contributed by atoms with E-state index in [1.54, 1.807) is 4.90 Å². The smallest absolute Gasteiger partial charge is 0.410 e. The first kappa shape index (κ1) is 20.7. The Balaban J connectivity index is 1.88. The van der Waals surface area contributed by atoms with E-state index in [2.05, 4.69) is 23.7 Å². The molecule has 0 unspecified atom stereocenters. The number of carbonyl (C=O) groups is 1. The predicted molar refractivity (Wildman–Crippen MR) is 113 cm³/mol. The molecule has 2 aromatic rings. The maximum absolute atomic E-state index is 12.5. The van der Waals surface area contributed by atoms with E-state index < -0.39 is 5.60 Å². The average molecular weight is 404 g/mol. The van der Waals surface area contributed by atoms with Gasteiger partial charge in [0, 0.05) is 42.2 Å². The van der Waals surface area contributed by atoms with E-state index >= 15 is 0 Å². The molecule has 0 saturated carbocycles. The quantitative estimate of drug-likeness (QED) is 0.692. The first-order valence-corrected chi connectivity index (χ1v) is 10.5. The summed E-state index contributed by atoms with van der Waals surface area (Å²) >= 11 is 6.09. The Labute approximate surface area is 172 Å². The van der Waals surface area contributed by atoms with Crippen LogP contribution in [0.2, 0.25) is 5.02 Å². The largest absolute Gasteiger partial charge is 0.444 e. The third-order valence-electron chi connectivity index (χ3n) is 4.88. The Morgan fingerprint density at radius 3 is 2.50 bits per heavy atom. The summed E-state index contributed by atoms with van der Waals surface area (Å²) in [5, 5.41) is 5.65. The van der Waals surface area contributed by atoms with Gasteiger partial charge in [0.25, 0.3) is 0 Å².